The van der Waals surface area contributed by atoms with Crippen molar-refractivity contribution in [3.05, 3.63) is 0 Å². The normalized spacial score (nSPS) is 27.9. The van der Waals surface area contributed by atoms with E-state index in [1.54, 1.807) is 7.11 Å². The van der Waals surface area contributed by atoms with Crippen molar-refractivity contribution in [2.45, 2.75) is 32.2 Å². The maximum absolute atomic E-state index is 5.72. The molecule has 0 amide bonds. The summed E-state index contributed by atoms with van der Waals surface area (Å²) in [4.78, 5) is 2.51. The third-order valence-corrected chi connectivity index (χ3v) is 3.40. The van der Waals surface area contributed by atoms with Gasteiger partial charge in [0.1, 0.15) is 0 Å². The molecule has 1 aliphatic rings. The van der Waals surface area contributed by atoms with Crippen molar-refractivity contribution < 1.29 is 4.74 Å². The summed E-state index contributed by atoms with van der Waals surface area (Å²) in [5.41, 5.74) is 6.05. The monoisotopic (exact) mass is 200 g/mol. The Kier molecular flexibility index (Phi) is 4.35. The number of likely N-dealkylation sites (tertiary alicyclic amines) is 1. The number of nitrogens with zero attached hydrogens (tertiary/aromatic N) is 1. The largest absolute Gasteiger partial charge is 0.383 e. The molecule has 1 fully saturated rings. The van der Waals surface area contributed by atoms with Crippen LogP contribution in [0.1, 0.15) is 26.7 Å². The topological polar surface area (TPSA) is 38.5 Å². The zero-order valence-electron chi connectivity index (χ0n) is 9.75. The maximum Gasteiger partial charge on any atom is 0.0589 e. The van der Waals surface area contributed by atoms with Gasteiger partial charge in [0.15, 0.2) is 0 Å². The Morgan fingerprint density at radius 2 is 2.21 bits per heavy atom. The number of methoxy groups -OCH3 is 1. The molecule has 0 aromatic heterocycles. The highest BCUT2D eigenvalue weighted by Crippen LogP contribution is 2.29. The van der Waals surface area contributed by atoms with Crippen LogP contribution in [0.2, 0.25) is 0 Å². The highest BCUT2D eigenvalue weighted by atomic mass is 16.5. The van der Waals surface area contributed by atoms with Gasteiger partial charge in [-0.2, -0.15) is 0 Å². The van der Waals surface area contributed by atoms with Gasteiger partial charge in [-0.1, -0.05) is 0 Å². The first kappa shape index (κ1) is 12.0. The molecule has 3 heteroatoms. The van der Waals surface area contributed by atoms with Crippen LogP contribution in [0.5, 0.6) is 0 Å². The molecule has 0 spiro atoms. The lowest BCUT2D eigenvalue weighted by atomic mass is 9.85. The van der Waals surface area contributed by atoms with E-state index in [1.807, 2.05) is 0 Å². The Morgan fingerprint density at radius 3 is 2.79 bits per heavy atom. The zero-order chi connectivity index (χ0) is 10.6. The Bertz CT molecular complexity index is 171. The Hall–Kier alpha value is -0.120. The molecule has 1 unspecified atom stereocenters. The minimum atomic E-state index is 0.324. The molecule has 0 aliphatic carbocycles. The second kappa shape index (κ2) is 5.10. The smallest absolute Gasteiger partial charge is 0.0589 e. The van der Waals surface area contributed by atoms with Crippen LogP contribution in [-0.4, -0.2) is 43.8 Å². The van der Waals surface area contributed by atoms with Crippen molar-refractivity contribution in [3.8, 4) is 0 Å². The second-order valence-electron chi connectivity index (χ2n) is 4.89. The standard InChI is InChI=1S/C11H24N2O/c1-11(2)5-4-10(8-12)9-13(11)6-7-14-3/h10H,4-9,12H2,1-3H3. The number of hydrogen-bond donors (Lipinski definition) is 1. The molecule has 0 radical (unpaired) electrons. The average molecular weight is 200 g/mol. The lowest BCUT2D eigenvalue weighted by Gasteiger charge is -2.45. The summed E-state index contributed by atoms with van der Waals surface area (Å²) < 4.78 is 5.13. The molecule has 84 valence electrons. The third-order valence-electron chi connectivity index (χ3n) is 3.40. The van der Waals surface area contributed by atoms with Gasteiger partial charge in [-0.25, -0.2) is 0 Å². The van der Waals surface area contributed by atoms with E-state index in [2.05, 4.69) is 18.7 Å². The van der Waals surface area contributed by atoms with E-state index in [1.165, 1.54) is 12.8 Å². The molecule has 1 rings (SSSR count). The molecule has 1 atom stereocenters. The van der Waals surface area contributed by atoms with E-state index in [0.717, 1.165) is 26.2 Å². The molecular formula is C11H24N2O. The summed E-state index contributed by atoms with van der Waals surface area (Å²) >= 11 is 0. The first-order chi connectivity index (χ1) is 6.60. The van der Waals surface area contributed by atoms with Crippen molar-refractivity contribution in [1.82, 2.24) is 4.90 Å². The fraction of sp³-hybridized carbons (Fsp3) is 1.00. The molecule has 3 nitrogen and oxygen atoms in total. The van der Waals surface area contributed by atoms with Crippen molar-refractivity contribution >= 4 is 0 Å². The number of piperidine rings is 1. The maximum atomic E-state index is 5.72. The van der Waals surface area contributed by atoms with E-state index < -0.39 is 0 Å². The van der Waals surface area contributed by atoms with Crippen molar-refractivity contribution in [2.24, 2.45) is 11.7 Å². The van der Waals surface area contributed by atoms with Crippen LogP contribution < -0.4 is 5.73 Å². The van der Waals surface area contributed by atoms with Crippen LogP contribution in [0.25, 0.3) is 0 Å². The van der Waals surface area contributed by atoms with Crippen LogP contribution in [0.15, 0.2) is 0 Å². The molecule has 1 aliphatic heterocycles. The molecule has 14 heavy (non-hydrogen) atoms. The van der Waals surface area contributed by atoms with Gasteiger partial charge in [0.2, 0.25) is 0 Å². The fourth-order valence-corrected chi connectivity index (χ4v) is 2.15. The quantitative estimate of drug-likeness (QED) is 0.738. The lowest BCUT2D eigenvalue weighted by Crippen LogP contribution is -2.52. The van der Waals surface area contributed by atoms with Gasteiger partial charge < -0.3 is 10.5 Å². The molecule has 1 heterocycles. The van der Waals surface area contributed by atoms with E-state index in [4.69, 9.17) is 10.5 Å². The van der Waals surface area contributed by atoms with Gasteiger partial charge >= 0.3 is 0 Å². The summed E-state index contributed by atoms with van der Waals surface area (Å²) in [6.45, 7) is 8.43. The zero-order valence-corrected chi connectivity index (χ0v) is 9.75. The number of nitrogens with two attached hydrogens (primary N) is 1. The molecule has 0 aromatic rings. The van der Waals surface area contributed by atoms with Gasteiger partial charge in [-0.15, -0.1) is 0 Å². The Labute approximate surface area is 87.6 Å². The predicted molar refractivity (Wildman–Crippen MR) is 59.3 cm³/mol. The van der Waals surface area contributed by atoms with E-state index in [9.17, 15) is 0 Å². The molecular weight excluding hydrogens is 176 g/mol. The second-order valence-corrected chi connectivity index (χ2v) is 4.89. The highest BCUT2D eigenvalue weighted by Gasteiger charge is 2.32. The van der Waals surface area contributed by atoms with Crippen LogP contribution in [0.3, 0.4) is 0 Å². The number of ether oxygens (including phenoxy) is 1. The van der Waals surface area contributed by atoms with E-state index >= 15 is 0 Å². The van der Waals surface area contributed by atoms with Crippen molar-refractivity contribution in [2.75, 3.05) is 33.4 Å². The van der Waals surface area contributed by atoms with Crippen LogP contribution >= 0.6 is 0 Å². The van der Waals surface area contributed by atoms with Gasteiger partial charge in [0, 0.05) is 25.7 Å². The van der Waals surface area contributed by atoms with Gasteiger partial charge in [0.25, 0.3) is 0 Å². The van der Waals surface area contributed by atoms with Crippen LogP contribution in [-0.2, 0) is 4.74 Å². The third kappa shape index (κ3) is 2.94. The van der Waals surface area contributed by atoms with Crippen molar-refractivity contribution in [3.63, 3.8) is 0 Å². The molecule has 0 bridgehead atoms. The number of rotatable bonds is 4. The van der Waals surface area contributed by atoms with E-state index in [0.29, 0.717) is 11.5 Å². The molecule has 0 aromatic carbocycles. The van der Waals surface area contributed by atoms with E-state index in [-0.39, 0.29) is 0 Å². The molecule has 2 N–H and O–H groups in total. The number of hydrogen-bond acceptors (Lipinski definition) is 3. The van der Waals surface area contributed by atoms with Gasteiger partial charge in [-0.05, 0) is 39.2 Å². The van der Waals surface area contributed by atoms with Gasteiger partial charge in [-0.3, -0.25) is 4.90 Å². The first-order valence-corrected chi connectivity index (χ1v) is 5.54. The summed E-state index contributed by atoms with van der Waals surface area (Å²) in [5, 5.41) is 0. The minimum Gasteiger partial charge on any atom is -0.383 e. The predicted octanol–water partition coefficient (Wildman–Crippen LogP) is 1.08. The Balaban J connectivity index is 2.48. The van der Waals surface area contributed by atoms with Gasteiger partial charge in [0.05, 0.1) is 6.61 Å². The Morgan fingerprint density at radius 1 is 1.50 bits per heavy atom. The fourth-order valence-electron chi connectivity index (χ4n) is 2.15. The summed E-state index contributed by atoms with van der Waals surface area (Å²) in [6.07, 6.45) is 2.52. The summed E-state index contributed by atoms with van der Waals surface area (Å²) in [7, 11) is 1.76. The highest BCUT2D eigenvalue weighted by molar-refractivity contribution is 4.88. The van der Waals surface area contributed by atoms with Crippen LogP contribution in [0, 0.1) is 5.92 Å². The molecule has 0 saturated carbocycles. The lowest BCUT2D eigenvalue weighted by molar-refractivity contribution is 0.0254. The van der Waals surface area contributed by atoms with Crippen LogP contribution in [0.4, 0.5) is 0 Å². The SMILES string of the molecule is COCCN1CC(CN)CCC1(C)C. The molecule has 1 saturated heterocycles. The first-order valence-electron chi connectivity index (χ1n) is 5.54. The average Bonchev–Trinajstić information content (AvgIpc) is 2.16. The van der Waals surface area contributed by atoms with Crippen molar-refractivity contribution in [1.29, 1.82) is 0 Å². The summed E-state index contributed by atoms with van der Waals surface area (Å²) in [5.74, 6) is 0.680. The summed E-state index contributed by atoms with van der Waals surface area (Å²) in [6, 6.07) is 0. The minimum absolute atomic E-state index is 0.324.